The number of allylic oxidation sites excluding steroid dienone is 4. The van der Waals surface area contributed by atoms with Gasteiger partial charge in [-0.1, -0.05) is 134 Å². The number of aliphatic hydroxyl groups excluding tert-OH is 5. The fourth-order valence-corrected chi connectivity index (χ4v) is 7.78. The van der Waals surface area contributed by atoms with Crippen LogP contribution in [0.4, 0.5) is 0 Å². The van der Waals surface area contributed by atoms with E-state index in [0.717, 1.165) is 77.0 Å². The van der Waals surface area contributed by atoms with Crippen LogP contribution in [0.5, 0.6) is 0 Å². The summed E-state index contributed by atoms with van der Waals surface area (Å²) in [6.07, 6.45) is 23.8. The number of ether oxygens (including phenoxy) is 2. The van der Waals surface area contributed by atoms with E-state index < -0.39 is 75.7 Å². The van der Waals surface area contributed by atoms with Crippen LogP contribution in [-0.4, -0.2) is 98.3 Å². The Morgan fingerprint density at radius 3 is 1.33 bits per heavy atom. The molecular weight excluding hydrogens is 767 g/mol. The van der Waals surface area contributed by atoms with Crippen molar-refractivity contribution in [3.63, 3.8) is 0 Å². The quantitative estimate of drug-likeness (QED) is 0.0150. The molecule has 1 aliphatic carbocycles. The fourth-order valence-electron chi connectivity index (χ4n) is 6.81. The number of carbonyl (C=O) groups excluding carboxylic acids is 2. The van der Waals surface area contributed by atoms with Crippen molar-refractivity contribution < 1.29 is 63.1 Å². The summed E-state index contributed by atoms with van der Waals surface area (Å²) in [5.41, 5.74) is 0. The maximum atomic E-state index is 12.8. The van der Waals surface area contributed by atoms with Gasteiger partial charge in [0.25, 0.3) is 0 Å². The first-order chi connectivity index (χ1) is 27.9. The third-order valence-corrected chi connectivity index (χ3v) is 11.5. The van der Waals surface area contributed by atoms with Crippen molar-refractivity contribution in [1.82, 2.24) is 0 Å². The number of rotatable bonds is 37. The molecule has 58 heavy (non-hydrogen) atoms. The summed E-state index contributed by atoms with van der Waals surface area (Å²) in [5.74, 6) is -1.12. The molecule has 0 amide bonds. The lowest BCUT2D eigenvalue weighted by molar-refractivity contribution is -0.220. The zero-order valence-electron chi connectivity index (χ0n) is 35.8. The SMILES string of the molecule is CCCCCC/C=C\CCCCCCCC(=O)OCC(COP(=O)(O)OC1C(O)C(O)C(O)C(O)C1O)OC(=O)CCCCCCC/C=C\CCCCCCCCC. The Morgan fingerprint density at radius 1 is 0.517 bits per heavy atom. The normalized spacial score (nSPS) is 22.7. The summed E-state index contributed by atoms with van der Waals surface area (Å²) in [5, 5.41) is 50.1. The summed E-state index contributed by atoms with van der Waals surface area (Å²) in [4.78, 5) is 35.6. The summed E-state index contributed by atoms with van der Waals surface area (Å²) in [7, 11) is -5.12. The third-order valence-electron chi connectivity index (χ3n) is 10.5. The molecule has 0 aliphatic heterocycles. The van der Waals surface area contributed by atoms with Crippen LogP contribution in [0.3, 0.4) is 0 Å². The van der Waals surface area contributed by atoms with Crippen molar-refractivity contribution in [3.8, 4) is 0 Å². The van der Waals surface area contributed by atoms with Crippen LogP contribution in [0.2, 0.25) is 0 Å². The molecule has 14 heteroatoms. The number of carbonyl (C=O) groups is 2. The lowest BCUT2D eigenvalue weighted by atomic mass is 9.85. The average molecular weight is 849 g/mol. The Kier molecular flexibility index (Phi) is 32.8. The van der Waals surface area contributed by atoms with Gasteiger partial charge in [0, 0.05) is 12.8 Å². The Balaban J connectivity index is 2.48. The van der Waals surface area contributed by atoms with Gasteiger partial charge < -0.3 is 39.9 Å². The zero-order valence-corrected chi connectivity index (χ0v) is 36.7. The fraction of sp³-hybridized carbons (Fsp3) is 0.864. The zero-order chi connectivity index (χ0) is 42.9. The van der Waals surface area contributed by atoms with Crippen molar-refractivity contribution in [2.75, 3.05) is 13.2 Å². The van der Waals surface area contributed by atoms with Gasteiger partial charge in [-0.2, -0.15) is 0 Å². The molecule has 0 saturated heterocycles. The van der Waals surface area contributed by atoms with E-state index in [4.69, 9.17) is 18.5 Å². The molecule has 6 unspecified atom stereocenters. The second-order valence-electron chi connectivity index (χ2n) is 15.9. The van der Waals surface area contributed by atoms with E-state index in [-0.39, 0.29) is 12.8 Å². The van der Waals surface area contributed by atoms with Gasteiger partial charge in [-0.05, 0) is 64.2 Å². The maximum Gasteiger partial charge on any atom is 0.472 e. The molecule has 6 N–H and O–H groups in total. The van der Waals surface area contributed by atoms with Crippen LogP contribution in [0, 0.1) is 0 Å². The van der Waals surface area contributed by atoms with Gasteiger partial charge in [0.05, 0.1) is 6.61 Å². The lowest BCUT2D eigenvalue weighted by Gasteiger charge is -2.41. The molecular formula is C44H81O13P. The smallest absolute Gasteiger partial charge is 0.462 e. The first-order valence-electron chi connectivity index (χ1n) is 22.6. The Bertz CT molecular complexity index is 1120. The number of hydrogen-bond acceptors (Lipinski definition) is 12. The Labute approximate surface area is 349 Å². The molecule has 1 fully saturated rings. The van der Waals surface area contributed by atoms with Gasteiger partial charge in [-0.15, -0.1) is 0 Å². The minimum atomic E-state index is -5.12. The van der Waals surface area contributed by atoms with Gasteiger partial charge >= 0.3 is 19.8 Å². The number of hydrogen-bond donors (Lipinski definition) is 6. The van der Waals surface area contributed by atoms with Crippen molar-refractivity contribution in [1.29, 1.82) is 0 Å². The van der Waals surface area contributed by atoms with Crippen LogP contribution in [0.15, 0.2) is 24.3 Å². The predicted molar refractivity (Wildman–Crippen MR) is 226 cm³/mol. The molecule has 1 saturated carbocycles. The molecule has 13 nitrogen and oxygen atoms in total. The lowest BCUT2D eigenvalue weighted by Crippen LogP contribution is -2.64. The van der Waals surface area contributed by atoms with E-state index in [0.29, 0.717) is 12.8 Å². The third kappa shape index (κ3) is 27.2. The Morgan fingerprint density at radius 2 is 0.879 bits per heavy atom. The highest BCUT2D eigenvalue weighted by atomic mass is 31.2. The van der Waals surface area contributed by atoms with Crippen molar-refractivity contribution in [2.24, 2.45) is 0 Å². The summed E-state index contributed by atoms with van der Waals surface area (Å²) < 4.78 is 33.5. The summed E-state index contributed by atoms with van der Waals surface area (Å²) in [6, 6.07) is 0. The summed E-state index contributed by atoms with van der Waals surface area (Å²) >= 11 is 0. The predicted octanol–water partition coefficient (Wildman–Crippen LogP) is 8.45. The highest BCUT2D eigenvalue weighted by Gasteiger charge is 2.51. The van der Waals surface area contributed by atoms with Crippen LogP contribution >= 0.6 is 7.82 Å². The Hall–Kier alpha value is -1.67. The number of esters is 2. The minimum absolute atomic E-state index is 0.0867. The summed E-state index contributed by atoms with van der Waals surface area (Å²) in [6.45, 7) is 3.26. The molecule has 0 bridgehead atoms. The molecule has 0 aromatic rings. The monoisotopic (exact) mass is 849 g/mol. The first kappa shape index (κ1) is 54.3. The van der Waals surface area contributed by atoms with E-state index in [9.17, 15) is 44.6 Å². The van der Waals surface area contributed by atoms with E-state index in [1.165, 1.54) is 70.6 Å². The van der Waals surface area contributed by atoms with Crippen molar-refractivity contribution >= 4 is 19.8 Å². The second kappa shape index (κ2) is 35.0. The van der Waals surface area contributed by atoms with E-state index in [1.54, 1.807) is 0 Å². The molecule has 1 rings (SSSR count). The highest BCUT2D eigenvalue weighted by Crippen LogP contribution is 2.47. The highest BCUT2D eigenvalue weighted by molar-refractivity contribution is 7.47. The molecule has 0 heterocycles. The van der Waals surface area contributed by atoms with Gasteiger partial charge in [-0.3, -0.25) is 18.6 Å². The molecule has 1 aliphatic rings. The molecule has 0 spiro atoms. The number of phosphoric acid groups is 1. The molecule has 340 valence electrons. The molecule has 0 aromatic heterocycles. The van der Waals surface area contributed by atoms with E-state index >= 15 is 0 Å². The van der Waals surface area contributed by atoms with Gasteiger partial charge in [-0.25, -0.2) is 4.57 Å². The molecule has 0 radical (unpaired) electrons. The van der Waals surface area contributed by atoms with Crippen molar-refractivity contribution in [3.05, 3.63) is 24.3 Å². The van der Waals surface area contributed by atoms with E-state index in [1.807, 2.05) is 0 Å². The van der Waals surface area contributed by atoms with Gasteiger partial charge in [0.15, 0.2) is 6.10 Å². The van der Waals surface area contributed by atoms with Gasteiger partial charge in [0.2, 0.25) is 0 Å². The molecule has 0 aromatic carbocycles. The number of aliphatic hydroxyl groups is 5. The number of phosphoric ester groups is 1. The van der Waals surface area contributed by atoms with E-state index in [2.05, 4.69) is 38.2 Å². The van der Waals surface area contributed by atoms with Crippen LogP contribution in [0.1, 0.15) is 187 Å². The largest absolute Gasteiger partial charge is 0.472 e. The first-order valence-corrected chi connectivity index (χ1v) is 24.1. The van der Waals surface area contributed by atoms with Gasteiger partial charge in [0.1, 0.15) is 43.2 Å². The van der Waals surface area contributed by atoms with Crippen LogP contribution < -0.4 is 0 Å². The second-order valence-corrected chi connectivity index (χ2v) is 17.3. The van der Waals surface area contributed by atoms with Crippen LogP contribution in [-0.2, 0) is 32.7 Å². The molecule has 6 atom stereocenters. The topological polar surface area (TPSA) is 210 Å². The number of unbranched alkanes of at least 4 members (excludes halogenated alkanes) is 21. The minimum Gasteiger partial charge on any atom is -0.462 e. The average Bonchev–Trinajstić information content (AvgIpc) is 3.20. The standard InChI is InChI=1S/C44H81O13P/c1-3-5-7-9-11-13-15-17-18-19-21-23-25-27-29-31-33-38(46)56-36(35-55-58(52,53)57-44-42(50)40(48)39(47)41(49)43(44)51)34-54-37(45)32-30-28-26-24-22-20-16-14-12-10-8-6-4-2/h14,16,18-19,36,39-44,47-51H,3-13,15,17,20-35H2,1-2H3,(H,52,53)/b16-14-,19-18-. The van der Waals surface area contributed by atoms with Crippen LogP contribution in [0.25, 0.3) is 0 Å². The maximum absolute atomic E-state index is 12.8. The van der Waals surface area contributed by atoms with Crippen molar-refractivity contribution in [2.45, 2.75) is 230 Å².